The fourth-order valence-corrected chi connectivity index (χ4v) is 3.99. The highest BCUT2D eigenvalue weighted by atomic mass is 19.1. The molecule has 2 aliphatic rings. The molecule has 4 rings (SSSR count). The Morgan fingerprint density at radius 1 is 1.36 bits per heavy atom. The van der Waals surface area contributed by atoms with Crippen molar-refractivity contribution in [1.82, 2.24) is 9.47 Å². The minimum absolute atomic E-state index is 0.0236. The highest BCUT2D eigenvalue weighted by Gasteiger charge is 2.53. The van der Waals surface area contributed by atoms with Crippen molar-refractivity contribution in [2.24, 2.45) is 7.05 Å². The Bertz CT molecular complexity index is 805. The summed E-state index contributed by atoms with van der Waals surface area (Å²) in [4.78, 5) is 14.3. The molecule has 6 heteroatoms. The summed E-state index contributed by atoms with van der Waals surface area (Å²) in [5.74, 6) is -0.359. The van der Waals surface area contributed by atoms with E-state index in [0.717, 1.165) is 5.56 Å². The topological polar surface area (TPSA) is 54.7 Å². The summed E-state index contributed by atoms with van der Waals surface area (Å²) < 4.78 is 21.2. The first kappa shape index (κ1) is 16.3. The standard InChI is InChI=1S/C19H21FN2O3/c1-21-7-3-6-16(21)18(24)22-10-17(23)19(12-22)9-14(11-25-19)13-4-2-5-15(20)8-13/h2-8,14,17,23H,9-12H2,1H3/t14-,17+,19+/m0/s1. The van der Waals surface area contributed by atoms with Gasteiger partial charge in [0.15, 0.2) is 0 Å². The summed E-state index contributed by atoms with van der Waals surface area (Å²) in [5, 5.41) is 10.6. The smallest absolute Gasteiger partial charge is 0.270 e. The average Bonchev–Trinajstić information content (AvgIpc) is 3.28. The number of amides is 1. The van der Waals surface area contributed by atoms with E-state index in [9.17, 15) is 14.3 Å². The van der Waals surface area contributed by atoms with Gasteiger partial charge in [-0.15, -0.1) is 0 Å². The van der Waals surface area contributed by atoms with Gasteiger partial charge in [0.05, 0.1) is 13.2 Å². The average molecular weight is 344 g/mol. The largest absolute Gasteiger partial charge is 0.388 e. The maximum Gasteiger partial charge on any atom is 0.270 e. The second kappa shape index (κ2) is 5.97. The molecule has 0 bridgehead atoms. The molecule has 132 valence electrons. The molecule has 1 spiro atoms. The number of nitrogens with zero attached hydrogens (tertiary/aromatic N) is 2. The van der Waals surface area contributed by atoms with Gasteiger partial charge in [-0.1, -0.05) is 12.1 Å². The summed E-state index contributed by atoms with van der Waals surface area (Å²) in [6.07, 6.45) is 1.66. The molecular formula is C19H21FN2O3. The Morgan fingerprint density at radius 3 is 2.92 bits per heavy atom. The van der Waals surface area contributed by atoms with Gasteiger partial charge in [0.25, 0.3) is 5.91 Å². The highest BCUT2D eigenvalue weighted by molar-refractivity contribution is 5.93. The van der Waals surface area contributed by atoms with Crippen LogP contribution in [0.1, 0.15) is 28.4 Å². The second-order valence-electron chi connectivity index (χ2n) is 7.04. The third-order valence-corrected chi connectivity index (χ3v) is 5.39. The molecule has 1 aromatic heterocycles. The van der Waals surface area contributed by atoms with Crippen LogP contribution in [-0.4, -0.2) is 51.9 Å². The quantitative estimate of drug-likeness (QED) is 0.906. The number of ether oxygens (including phenoxy) is 1. The zero-order chi connectivity index (χ0) is 17.6. The minimum atomic E-state index is -0.766. The zero-order valence-corrected chi connectivity index (χ0v) is 14.1. The van der Waals surface area contributed by atoms with E-state index in [1.54, 1.807) is 21.6 Å². The van der Waals surface area contributed by atoms with Gasteiger partial charge in [-0.25, -0.2) is 4.39 Å². The fourth-order valence-electron chi connectivity index (χ4n) is 3.99. The molecule has 1 amide bonds. The Labute approximate surface area is 145 Å². The lowest BCUT2D eigenvalue weighted by Gasteiger charge is -2.26. The van der Waals surface area contributed by atoms with E-state index in [4.69, 9.17) is 4.74 Å². The van der Waals surface area contributed by atoms with E-state index in [0.29, 0.717) is 25.3 Å². The number of aliphatic hydroxyl groups is 1. The first-order valence-electron chi connectivity index (χ1n) is 8.47. The van der Waals surface area contributed by atoms with Crippen LogP contribution in [0.15, 0.2) is 42.6 Å². The number of rotatable bonds is 2. The molecule has 3 atom stereocenters. The van der Waals surface area contributed by atoms with Gasteiger partial charge < -0.3 is 19.3 Å². The second-order valence-corrected chi connectivity index (χ2v) is 7.04. The molecule has 1 N–H and O–H groups in total. The lowest BCUT2D eigenvalue weighted by atomic mass is 9.87. The van der Waals surface area contributed by atoms with E-state index in [1.165, 1.54) is 12.1 Å². The number of aryl methyl sites for hydroxylation is 1. The molecule has 3 heterocycles. The predicted molar refractivity (Wildman–Crippen MR) is 89.8 cm³/mol. The number of aromatic nitrogens is 1. The summed E-state index contributed by atoms with van der Waals surface area (Å²) in [6, 6.07) is 10.1. The van der Waals surface area contributed by atoms with Crippen LogP contribution in [0.2, 0.25) is 0 Å². The highest BCUT2D eigenvalue weighted by Crippen LogP contribution is 2.42. The van der Waals surface area contributed by atoms with Crippen LogP contribution in [0.5, 0.6) is 0 Å². The van der Waals surface area contributed by atoms with E-state index in [2.05, 4.69) is 0 Å². The zero-order valence-electron chi connectivity index (χ0n) is 14.1. The van der Waals surface area contributed by atoms with Crippen LogP contribution in [0, 0.1) is 5.82 Å². The summed E-state index contributed by atoms with van der Waals surface area (Å²) in [7, 11) is 1.82. The normalized spacial score (nSPS) is 28.8. The first-order chi connectivity index (χ1) is 12.0. The molecule has 0 aliphatic carbocycles. The third kappa shape index (κ3) is 2.75. The summed E-state index contributed by atoms with van der Waals surface area (Å²) >= 11 is 0. The van der Waals surface area contributed by atoms with Gasteiger partial charge in [-0.05, 0) is 36.2 Å². The molecule has 2 aromatic rings. The number of hydrogen-bond donors (Lipinski definition) is 1. The Balaban J connectivity index is 1.52. The molecule has 0 unspecified atom stereocenters. The van der Waals surface area contributed by atoms with Gasteiger partial charge in [0, 0.05) is 25.7 Å². The molecular weight excluding hydrogens is 323 g/mol. The summed E-state index contributed by atoms with van der Waals surface area (Å²) in [6.45, 7) is 1.02. The Morgan fingerprint density at radius 2 is 2.20 bits per heavy atom. The van der Waals surface area contributed by atoms with Crippen LogP contribution >= 0.6 is 0 Å². The van der Waals surface area contributed by atoms with Crippen molar-refractivity contribution in [3.8, 4) is 0 Å². The molecule has 2 aliphatic heterocycles. The van der Waals surface area contributed by atoms with E-state index in [1.807, 2.05) is 25.4 Å². The molecule has 0 radical (unpaired) electrons. The summed E-state index contributed by atoms with van der Waals surface area (Å²) in [5.41, 5.74) is 0.692. The van der Waals surface area contributed by atoms with E-state index < -0.39 is 11.7 Å². The molecule has 2 fully saturated rings. The number of benzene rings is 1. The minimum Gasteiger partial charge on any atom is -0.388 e. The van der Waals surface area contributed by atoms with Crippen molar-refractivity contribution in [3.63, 3.8) is 0 Å². The van der Waals surface area contributed by atoms with Crippen molar-refractivity contribution in [2.75, 3.05) is 19.7 Å². The number of halogens is 1. The fraction of sp³-hybridized carbons (Fsp3) is 0.421. The van der Waals surface area contributed by atoms with Crippen LogP contribution < -0.4 is 0 Å². The molecule has 5 nitrogen and oxygen atoms in total. The lowest BCUT2D eigenvalue weighted by Crippen LogP contribution is -2.41. The monoisotopic (exact) mass is 344 g/mol. The van der Waals surface area contributed by atoms with Crippen LogP contribution in [-0.2, 0) is 11.8 Å². The SMILES string of the molecule is Cn1cccc1C(=O)N1C[C@@H](O)[C@@]2(C[C@H](c3cccc(F)c3)CO2)C1. The van der Waals surface area contributed by atoms with Gasteiger partial charge in [-0.3, -0.25) is 4.79 Å². The van der Waals surface area contributed by atoms with Crippen molar-refractivity contribution in [3.05, 3.63) is 59.7 Å². The number of β-amino-alcohol motifs (C(OH)–C–C–N with tert-alkyl or cyclic N) is 1. The van der Waals surface area contributed by atoms with Crippen LogP contribution in [0.25, 0.3) is 0 Å². The van der Waals surface area contributed by atoms with E-state index >= 15 is 0 Å². The van der Waals surface area contributed by atoms with Crippen molar-refractivity contribution < 1.29 is 19.0 Å². The number of hydrogen-bond acceptors (Lipinski definition) is 3. The van der Waals surface area contributed by atoms with Crippen LogP contribution in [0.3, 0.4) is 0 Å². The third-order valence-electron chi connectivity index (χ3n) is 5.39. The first-order valence-corrected chi connectivity index (χ1v) is 8.47. The van der Waals surface area contributed by atoms with Gasteiger partial charge >= 0.3 is 0 Å². The van der Waals surface area contributed by atoms with Gasteiger partial charge in [0.1, 0.15) is 23.2 Å². The maximum absolute atomic E-state index is 13.5. The van der Waals surface area contributed by atoms with Gasteiger partial charge in [-0.2, -0.15) is 0 Å². The molecule has 2 saturated heterocycles. The Hall–Kier alpha value is -2.18. The number of carbonyl (C=O) groups excluding carboxylic acids is 1. The number of carbonyl (C=O) groups is 1. The Kier molecular flexibility index (Phi) is 3.89. The molecule has 25 heavy (non-hydrogen) atoms. The molecule has 1 aromatic carbocycles. The maximum atomic E-state index is 13.5. The molecule has 0 saturated carbocycles. The predicted octanol–water partition coefficient (Wildman–Crippen LogP) is 1.92. The van der Waals surface area contributed by atoms with Gasteiger partial charge in [0.2, 0.25) is 0 Å². The van der Waals surface area contributed by atoms with Crippen LogP contribution in [0.4, 0.5) is 4.39 Å². The van der Waals surface area contributed by atoms with Crippen molar-refractivity contribution in [1.29, 1.82) is 0 Å². The van der Waals surface area contributed by atoms with Crippen molar-refractivity contribution in [2.45, 2.75) is 24.0 Å². The number of aliphatic hydroxyl groups excluding tert-OH is 1. The number of likely N-dealkylation sites (tertiary alicyclic amines) is 1. The lowest BCUT2D eigenvalue weighted by molar-refractivity contribution is -0.0591. The van der Waals surface area contributed by atoms with Crippen molar-refractivity contribution >= 4 is 5.91 Å². The van der Waals surface area contributed by atoms with E-state index in [-0.39, 0.29) is 24.2 Å².